The lowest BCUT2D eigenvalue weighted by molar-refractivity contribution is -0.134. The fourth-order valence-electron chi connectivity index (χ4n) is 4.04. The molecule has 160 valence electrons. The van der Waals surface area contributed by atoms with Gasteiger partial charge in [0, 0.05) is 37.6 Å². The Hall–Kier alpha value is -2.12. The molecule has 0 aliphatic carbocycles. The number of ether oxygens (including phenoxy) is 2. The Labute approximate surface area is 182 Å². The van der Waals surface area contributed by atoms with Gasteiger partial charge in [-0.15, -0.1) is 0 Å². The molecule has 1 amide bonds. The molecule has 2 aliphatic rings. The Morgan fingerprint density at radius 3 is 2.93 bits per heavy atom. The summed E-state index contributed by atoms with van der Waals surface area (Å²) in [4.78, 5) is 24.0. The first kappa shape index (κ1) is 21.1. The average Bonchev–Trinajstić information content (AvgIpc) is 3.31. The molecule has 3 heterocycles. The Balaban J connectivity index is 1.36. The number of piperidine rings is 1. The van der Waals surface area contributed by atoms with Gasteiger partial charge in [-0.25, -0.2) is 9.97 Å². The number of aryl methyl sites for hydroxylation is 1. The molecule has 1 aromatic heterocycles. The van der Waals surface area contributed by atoms with E-state index in [0.717, 1.165) is 66.8 Å². The molecule has 30 heavy (non-hydrogen) atoms. The van der Waals surface area contributed by atoms with Gasteiger partial charge in [0.25, 0.3) is 5.91 Å². The Bertz CT molecular complexity index is 843. The second kappa shape index (κ2) is 10.3. The van der Waals surface area contributed by atoms with E-state index < -0.39 is 0 Å². The maximum absolute atomic E-state index is 12.7. The van der Waals surface area contributed by atoms with Crippen LogP contribution in [0.15, 0.2) is 41.7 Å². The van der Waals surface area contributed by atoms with Crippen LogP contribution >= 0.6 is 11.8 Å². The lowest BCUT2D eigenvalue weighted by Gasteiger charge is -2.33. The molecular formula is C23H29N3O3S. The maximum Gasteiger partial charge on any atom is 0.260 e. The molecule has 1 aromatic carbocycles. The minimum Gasteiger partial charge on any atom is -0.484 e. The molecule has 0 saturated carbocycles. The third kappa shape index (κ3) is 5.52. The topological polar surface area (TPSA) is 64.6 Å². The second-order valence-electron chi connectivity index (χ2n) is 7.95. The molecule has 2 aromatic rings. The van der Waals surface area contributed by atoms with Crippen LogP contribution in [0.25, 0.3) is 0 Å². The molecule has 2 unspecified atom stereocenters. The average molecular weight is 428 g/mol. The number of para-hydroxylation sites is 1. The first-order chi connectivity index (χ1) is 14.7. The zero-order valence-corrected chi connectivity index (χ0v) is 18.3. The van der Waals surface area contributed by atoms with Crippen molar-refractivity contribution in [1.82, 2.24) is 14.9 Å². The summed E-state index contributed by atoms with van der Waals surface area (Å²) in [6.45, 7) is 4.46. The highest BCUT2D eigenvalue weighted by atomic mass is 32.2. The van der Waals surface area contributed by atoms with Crippen molar-refractivity contribution >= 4 is 17.7 Å². The van der Waals surface area contributed by atoms with Crippen molar-refractivity contribution < 1.29 is 14.3 Å². The minimum absolute atomic E-state index is 0.0308. The van der Waals surface area contributed by atoms with E-state index in [1.807, 2.05) is 41.4 Å². The quantitative estimate of drug-likeness (QED) is 0.494. The van der Waals surface area contributed by atoms with E-state index in [4.69, 9.17) is 14.5 Å². The van der Waals surface area contributed by atoms with E-state index in [0.29, 0.717) is 12.6 Å². The highest BCUT2D eigenvalue weighted by Gasteiger charge is 2.27. The van der Waals surface area contributed by atoms with Crippen molar-refractivity contribution in [2.75, 3.05) is 32.1 Å². The molecule has 6 nitrogen and oxygen atoms in total. The first-order valence-electron chi connectivity index (χ1n) is 10.7. The van der Waals surface area contributed by atoms with Gasteiger partial charge in [0.2, 0.25) is 0 Å². The maximum atomic E-state index is 12.7. The van der Waals surface area contributed by atoms with E-state index in [1.165, 1.54) is 0 Å². The third-order valence-electron chi connectivity index (χ3n) is 5.68. The van der Waals surface area contributed by atoms with Crippen molar-refractivity contribution in [2.45, 2.75) is 49.8 Å². The van der Waals surface area contributed by atoms with Crippen molar-refractivity contribution in [2.24, 2.45) is 0 Å². The molecule has 4 rings (SSSR count). The predicted molar refractivity (Wildman–Crippen MR) is 117 cm³/mol. The van der Waals surface area contributed by atoms with Crippen LogP contribution in [0.3, 0.4) is 0 Å². The zero-order chi connectivity index (χ0) is 20.8. The minimum atomic E-state index is 0.0308. The highest BCUT2D eigenvalue weighted by molar-refractivity contribution is 7.99. The van der Waals surface area contributed by atoms with Gasteiger partial charge in [-0.05, 0) is 50.3 Å². The molecule has 0 N–H and O–H groups in total. The molecule has 7 heteroatoms. The monoisotopic (exact) mass is 427 g/mol. The normalized spacial score (nSPS) is 21.6. The molecule has 2 atom stereocenters. The summed E-state index contributed by atoms with van der Waals surface area (Å²) in [5.41, 5.74) is 2.16. The number of carbonyl (C=O) groups excluding carboxylic acids is 1. The van der Waals surface area contributed by atoms with Gasteiger partial charge in [0.05, 0.1) is 11.8 Å². The summed E-state index contributed by atoms with van der Waals surface area (Å²) in [6, 6.07) is 9.48. The Morgan fingerprint density at radius 1 is 1.27 bits per heavy atom. The van der Waals surface area contributed by atoms with Gasteiger partial charge in [-0.1, -0.05) is 30.0 Å². The number of carbonyl (C=O) groups is 1. The molecule has 0 spiro atoms. The lowest BCUT2D eigenvalue weighted by atomic mass is 9.92. The van der Waals surface area contributed by atoms with Crippen LogP contribution in [-0.2, 0) is 9.53 Å². The number of rotatable bonds is 7. The zero-order valence-electron chi connectivity index (χ0n) is 17.5. The van der Waals surface area contributed by atoms with E-state index >= 15 is 0 Å². The summed E-state index contributed by atoms with van der Waals surface area (Å²) >= 11 is 1.67. The summed E-state index contributed by atoms with van der Waals surface area (Å²) in [7, 11) is 0. The van der Waals surface area contributed by atoms with Crippen molar-refractivity contribution in [3.8, 4) is 5.75 Å². The number of aromatic nitrogens is 2. The van der Waals surface area contributed by atoms with E-state index in [2.05, 4.69) is 11.9 Å². The largest absolute Gasteiger partial charge is 0.484 e. The number of hydrogen-bond acceptors (Lipinski definition) is 6. The Morgan fingerprint density at radius 2 is 2.13 bits per heavy atom. The molecule has 0 radical (unpaired) electrons. The van der Waals surface area contributed by atoms with Gasteiger partial charge >= 0.3 is 0 Å². The second-order valence-corrected chi connectivity index (χ2v) is 8.93. The molecule has 0 bridgehead atoms. The van der Waals surface area contributed by atoms with Crippen LogP contribution in [0.1, 0.15) is 42.9 Å². The van der Waals surface area contributed by atoms with Crippen LogP contribution in [0.2, 0.25) is 0 Å². The van der Waals surface area contributed by atoms with Crippen LogP contribution in [0.4, 0.5) is 0 Å². The van der Waals surface area contributed by atoms with E-state index in [-0.39, 0.29) is 18.4 Å². The van der Waals surface area contributed by atoms with Gasteiger partial charge in [-0.3, -0.25) is 4.79 Å². The van der Waals surface area contributed by atoms with Crippen LogP contribution < -0.4 is 4.74 Å². The van der Waals surface area contributed by atoms with Gasteiger partial charge in [0.1, 0.15) is 5.75 Å². The van der Waals surface area contributed by atoms with Gasteiger partial charge < -0.3 is 14.4 Å². The summed E-state index contributed by atoms with van der Waals surface area (Å²) in [6.07, 6.45) is 6.51. The Kier molecular flexibility index (Phi) is 7.23. The molecule has 2 fully saturated rings. The third-order valence-corrected chi connectivity index (χ3v) is 6.67. The highest BCUT2D eigenvalue weighted by Crippen LogP contribution is 2.30. The van der Waals surface area contributed by atoms with E-state index in [9.17, 15) is 4.79 Å². The van der Waals surface area contributed by atoms with Gasteiger partial charge in [0.15, 0.2) is 11.8 Å². The SMILES string of the molecule is Cc1cnc(SCC2CCCO2)nc1C1CCCN(C(=O)COc2ccccc2)C1. The number of likely N-dealkylation sites (tertiary alicyclic amines) is 1. The first-order valence-corrected chi connectivity index (χ1v) is 11.7. The van der Waals surface area contributed by atoms with Gasteiger partial charge in [-0.2, -0.15) is 0 Å². The van der Waals surface area contributed by atoms with E-state index in [1.54, 1.807) is 11.8 Å². The smallest absolute Gasteiger partial charge is 0.260 e. The van der Waals surface area contributed by atoms with Crippen molar-refractivity contribution in [1.29, 1.82) is 0 Å². The number of benzene rings is 1. The molecular weight excluding hydrogens is 398 g/mol. The fourth-order valence-corrected chi connectivity index (χ4v) is 4.93. The molecule has 2 aliphatic heterocycles. The van der Waals surface area contributed by atoms with Crippen molar-refractivity contribution in [3.05, 3.63) is 47.8 Å². The van der Waals surface area contributed by atoms with Crippen LogP contribution in [0.5, 0.6) is 5.75 Å². The number of amides is 1. The summed E-state index contributed by atoms with van der Waals surface area (Å²) in [5.74, 6) is 1.89. The van der Waals surface area contributed by atoms with Crippen molar-refractivity contribution in [3.63, 3.8) is 0 Å². The standard InChI is InChI=1S/C23H29N3O3S/c1-17-13-24-23(30-16-20-10-6-12-28-20)25-22(17)18-7-5-11-26(14-18)21(27)15-29-19-8-3-2-4-9-19/h2-4,8-9,13,18,20H,5-7,10-12,14-16H2,1H3. The number of hydrogen-bond donors (Lipinski definition) is 0. The van der Waals surface area contributed by atoms with Crippen LogP contribution in [0, 0.1) is 6.92 Å². The fraction of sp³-hybridized carbons (Fsp3) is 0.522. The lowest BCUT2D eigenvalue weighted by Crippen LogP contribution is -2.41. The number of nitrogens with zero attached hydrogens (tertiary/aromatic N) is 3. The summed E-state index contributed by atoms with van der Waals surface area (Å²) < 4.78 is 11.4. The number of thioether (sulfide) groups is 1. The van der Waals surface area contributed by atoms with Crippen LogP contribution in [-0.4, -0.2) is 58.9 Å². The summed E-state index contributed by atoms with van der Waals surface area (Å²) in [5, 5.41) is 0.807. The predicted octanol–water partition coefficient (Wildman–Crippen LogP) is 3.84. The molecule has 2 saturated heterocycles.